The van der Waals surface area contributed by atoms with Crippen LogP contribution < -0.4 is 26.4 Å². The molecule has 1 amide bonds. The second-order valence-corrected chi connectivity index (χ2v) is 8.57. The standard InChI is InChI=1S/C26H28F3N5O2/c1-36-24-14-17(25(30)35)7-8-22(24)32-11-3-4-19-15-20-21(33-18-9-12-31-13-10-18)5-2-6-23(20)34(19)16-26(27,28)29/h2,5-8,14-15,18,31-33H,9-13,16H2,1H3,(H2,30,35). The highest BCUT2D eigenvalue weighted by Gasteiger charge is 2.30. The van der Waals surface area contributed by atoms with Gasteiger partial charge in [-0.1, -0.05) is 12.0 Å². The van der Waals surface area contributed by atoms with Crippen LogP contribution in [0.25, 0.3) is 10.9 Å². The molecule has 5 N–H and O–H groups in total. The number of carbonyl (C=O) groups is 1. The van der Waals surface area contributed by atoms with Crippen molar-refractivity contribution in [2.75, 3.05) is 37.4 Å². The van der Waals surface area contributed by atoms with Crippen LogP contribution in [-0.4, -0.2) is 49.4 Å². The van der Waals surface area contributed by atoms with Gasteiger partial charge in [-0.05, 0) is 68.2 Å². The Balaban J connectivity index is 1.59. The van der Waals surface area contributed by atoms with E-state index in [1.165, 1.54) is 17.7 Å². The Labute approximate surface area is 207 Å². The molecule has 36 heavy (non-hydrogen) atoms. The molecule has 0 saturated carbocycles. The van der Waals surface area contributed by atoms with Crippen LogP contribution in [0.5, 0.6) is 5.75 Å². The van der Waals surface area contributed by atoms with Crippen LogP contribution in [0.15, 0.2) is 42.5 Å². The van der Waals surface area contributed by atoms with Crippen molar-refractivity contribution >= 4 is 28.2 Å². The van der Waals surface area contributed by atoms with Gasteiger partial charge in [0.05, 0.1) is 30.6 Å². The molecule has 0 unspecified atom stereocenters. The summed E-state index contributed by atoms with van der Waals surface area (Å²) in [5, 5.41) is 10.6. The minimum absolute atomic E-state index is 0.153. The molecule has 7 nitrogen and oxygen atoms in total. The predicted octanol–water partition coefficient (Wildman–Crippen LogP) is 3.94. The first kappa shape index (κ1) is 25.3. The number of rotatable bonds is 7. The average molecular weight is 500 g/mol. The lowest BCUT2D eigenvalue weighted by Crippen LogP contribution is -2.35. The number of primary amides is 1. The fourth-order valence-corrected chi connectivity index (χ4v) is 4.31. The molecule has 0 radical (unpaired) electrons. The van der Waals surface area contributed by atoms with Crippen LogP contribution in [0.2, 0.25) is 0 Å². The van der Waals surface area contributed by atoms with E-state index in [1.807, 2.05) is 6.07 Å². The monoisotopic (exact) mass is 499 g/mol. The fourth-order valence-electron chi connectivity index (χ4n) is 4.31. The summed E-state index contributed by atoms with van der Waals surface area (Å²) in [7, 11) is 1.46. The number of aromatic nitrogens is 1. The fraction of sp³-hybridized carbons (Fsp3) is 0.346. The lowest BCUT2D eigenvalue weighted by molar-refractivity contribution is -0.140. The normalized spacial score (nSPS) is 14.2. The molecular weight excluding hydrogens is 471 g/mol. The zero-order valence-electron chi connectivity index (χ0n) is 19.8. The molecule has 1 aromatic heterocycles. The topological polar surface area (TPSA) is 93.3 Å². The number of fused-ring (bicyclic) bond motifs is 1. The summed E-state index contributed by atoms with van der Waals surface area (Å²) < 4.78 is 46.8. The summed E-state index contributed by atoms with van der Waals surface area (Å²) in [4.78, 5) is 11.4. The van der Waals surface area contributed by atoms with E-state index in [9.17, 15) is 18.0 Å². The van der Waals surface area contributed by atoms with Gasteiger partial charge in [0.1, 0.15) is 12.3 Å². The number of carbonyl (C=O) groups excluding carboxylic acids is 1. The van der Waals surface area contributed by atoms with Gasteiger partial charge in [-0.25, -0.2) is 0 Å². The third kappa shape index (κ3) is 6.04. The minimum atomic E-state index is -4.39. The highest BCUT2D eigenvalue weighted by molar-refractivity contribution is 5.94. The smallest absolute Gasteiger partial charge is 0.406 e. The number of benzene rings is 2. The first-order valence-corrected chi connectivity index (χ1v) is 11.6. The first-order chi connectivity index (χ1) is 17.2. The van der Waals surface area contributed by atoms with Gasteiger partial charge in [-0.2, -0.15) is 13.2 Å². The molecule has 1 saturated heterocycles. The van der Waals surface area contributed by atoms with Crippen molar-refractivity contribution in [3.63, 3.8) is 0 Å². The molecule has 0 spiro atoms. The zero-order chi connectivity index (χ0) is 25.7. The number of piperidine rings is 1. The van der Waals surface area contributed by atoms with E-state index < -0.39 is 18.6 Å². The number of halogens is 3. The van der Waals surface area contributed by atoms with Gasteiger partial charge < -0.3 is 31.0 Å². The predicted molar refractivity (Wildman–Crippen MR) is 134 cm³/mol. The zero-order valence-corrected chi connectivity index (χ0v) is 19.8. The highest BCUT2D eigenvalue weighted by atomic mass is 19.4. The van der Waals surface area contributed by atoms with Crippen LogP contribution >= 0.6 is 0 Å². The van der Waals surface area contributed by atoms with Crippen molar-refractivity contribution in [3.8, 4) is 17.6 Å². The molecule has 190 valence electrons. The van der Waals surface area contributed by atoms with Crippen LogP contribution in [0.1, 0.15) is 28.9 Å². The Morgan fingerprint density at radius 3 is 2.67 bits per heavy atom. The number of anilines is 2. The van der Waals surface area contributed by atoms with Crippen molar-refractivity contribution in [1.82, 2.24) is 9.88 Å². The molecule has 1 aliphatic rings. The average Bonchev–Trinajstić information content (AvgIpc) is 3.19. The number of nitrogens with two attached hydrogens (primary N) is 1. The van der Waals surface area contributed by atoms with E-state index >= 15 is 0 Å². The molecule has 2 heterocycles. The van der Waals surface area contributed by atoms with Crippen molar-refractivity contribution in [2.45, 2.75) is 31.6 Å². The van der Waals surface area contributed by atoms with Crippen molar-refractivity contribution in [3.05, 3.63) is 53.7 Å². The third-order valence-corrected chi connectivity index (χ3v) is 6.05. The Morgan fingerprint density at radius 1 is 1.19 bits per heavy atom. The van der Waals surface area contributed by atoms with Crippen molar-refractivity contribution in [2.24, 2.45) is 5.73 Å². The van der Waals surface area contributed by atoms with Gasteiger partial charge in [0, 0.05) is 22.7 Å². The van der Waals surface area contributed by atoms with E-state index in [4.69, 9.17) is 10.5 Å². The van der Waals surface area contributed by atoms with Gasteiger partial charge in [-0.15, -0.1) is 0 Å². The van der Waals surface area contributed by atoms with E-state index in [0.717, 1.165) is 31.6 Å². The van der Waals surface area contributed by atoms with E-state index in [0.29, 0.717) is 27.9 Å². The summed E-state index contributed by atoms with van der Waals surface area (Å²) in [6.07, 6.45) is -2.50. The number of alkyl halides is 3. The molecule has 0 atom stereocenters. The molecule has 10 heteroatoms. The number of hydrogen-bond acceptors (Lipinski definition) is 5. The second-order valence-electron chi connectivity index (χ2n) is 8.57. The van der Waals surface area contributed by atoms with E-state index in [2.05, 4.69) is 27.8 Å². The molecule has 4 rings (SSSR count). The second kappa shape index (κ2) is 10.8. The van der Waals surface area contributed by atoms with Crippen LogP contribution in [0, 0.1) is 11.8 Å². The maximum Gasteiger partial charge on any atom is 0.406 e. The number of hydrogen-bond donors (Lipinski definition) is 4. The van der Waals surface area contributed by atoms with Gasteiger partial charge >= 0.3 is 6.18 Å². The summed E-state index contributed by atoms with van der Waals surface area (Å²) in [6, 6.07) is 12.0. The maximum absolute atomic E-state index is 13.4. The summed E-state index contributed by atoms with van der Waals surface area (Å²) in [5.74, 6) is 5.63. The van der Waals surface area contributed by atoms with Crippen molar-refractivity contribution in [1.29, 1.82) is 0 Å². The highest BCUT2D eigenvalue weighted by Crippen LogP contribution is 2.31. The minimum Gasteiger partial charge on any atom is -0.495 e. The van der Waals surface area contributed by atoms with Crippen LogP contribution in [-0.2, 0) is 6.54 Å². The number of nitrogens with zero attached hydrogens (tertiary/aromatic N) is 1. The number of methoxy groups -OCH3 is 1. The number of amides is 1. The van der Waals surface area contributed by atoms with Gasteiger partial charge in [-0.3, -0.25) is 4.79 Å². The Morgan fingerprint density at radius 2 is 1.97 bits per heavy atom. The quantitative estimate of drug-likeness (QED) is 0.370. The first-order valence-electron chi connectivity index (χ1n) is 11.6. The molecule has 2 aromatic carbocycles. The summed E-state index contributed by atoms with van der Waals surface area (Å²) >= 11 is 0. The number of ether oxygens (including phenoxy) is 1. The van der Waals surface area contributed by atoms with Gasteiger partial charge in [0.15, 0.2) is 0 Å². The lowest BCUT2D eigenvalue weighted by Gasteiger charge is -2.25. The molecule has 1 aliphatic heterocycles. The SMILES string of the molecule is COc1cc(C(N)=O)ccc1NCC#Cc1cc2c(NC3CCNCC3)cccc2n1CC(F)(F)F. The van der Waals surface area contributed by atoms with E-state index in [1.54, 1.807) is 30.3 Å². The van der Waals surface area contributed by atoms with Gasteiger partial charge in [0.2, 0.25) is 5.91 Å². The molecular formula is C26H28F3N5O2. The Hall–Kier alpha value is -3.84. The maximum atomic E-state index is 13.4. The largest absolute Gasteiger partial charge is 0.495 e. The Bertz CT molecular complexity index is 1300. The third-order valence-electron chi connectivity index (χ3n) is 6.05. The summed E-state index contributed by atoms with van der Waals surface area (Å²) in [5.41, 5.74) is 7.75. The molecule has 0 aliphatic carbocycles. The van der Waals surface area contributed by atoms with Gasteiger partial charge in [0.25, 0.3) is 0 Å². The Kier molecular flexibility index (Phi) is 7.60. The number of nitrogens with one attached hydrogen (secondary N) is 3. The summed E-state index contributed by atoms with van der Waals surface area (Å²) in [6.45, 7) is 0.831. The van der Waals surface area contributed by atoms with Crippen molar-refractivity contribution < 1.29 is 22.7 Å². The van der Waals surface area contributed by atoms with Crippen LogP contribution in [0.4, 0.5) is 24.5 Å². The molecule has 1 fully saturated rings. The lowest BCUT2D eigenvalue weighted by atomic mass is 10.1. The van der Waals surface area contributed by atoms with Crippen LogP contribution in [0.3, 0.4) is 0 Å². The molecule has 0 bridgehead atoms. The van der Waals surface area contributed by atoms with E-state index in [-0.39, 0.29) is 18.3 Å². The molecule has 3 aromatic rings.